The Morgan fingerprint density at radius 3 is 2.63 bits per heavy atom. The van der Waals surface area contributed by atoms with Gasteiger partial charge in [-0.1, -0.05) is 12.5 Å². The van der Waals surface area contributed by atoms with Crippen molar-refractivity contribution >= 4 is 28.8 Å². The van der Waals surface area contributed by atoms with Crippen molar-refractivity contribution < 1.29 is 14.0 Å². The van der Waals surface area contributed by atoms with Gasteiger partial charge in [-0.05, 0) is 72.9 Å². The minimum absolute atomic E-state index is 0.0603. The molecule has 2 aromatic rings. The predicted molar refractivity (Wildman–Crippen MR) is 105 cm³/mol. The molecule has 0 saturated carbocycles. The Balaban J connectivity index is 1.59. The number of amides is 2. The number of nitrogens with one attached hydrogen (secondary N) is 2. The van der Waals surface area contributed by atoms with Crippen molar-refractivity contribution in [1.82, 2.24) is 10.2 Å². The fourth-order valence-corrected chi connectivity index (χ4v) is 3.99. The van der Waals surface area contributed by atoms with Crippen molar-refractivity contribution in [3.8, 4) is 0 Å². The normalized spacial score (nSPS) is 15.9. The van der Waals surface area contributed by atoms with Crippen LogP contribution in [0.4, 0.5) is 10.1 Å². The van der Waals surface area contributed by atoms with Gasteiger partial charge in [-0.25, -0.2) is 4.39 Å². The summed E-state index contributed by atoms with van der Waals surface area (Å²) in [5.74, 6) is -1.93. The lowest BCUT2D eigenvalue weighted by Gasteiger charge is -2.34. The van der Waals surface area contributed by atoms with Crippen molar-refractivity contribution in [2.24, 2.45) is 0 Å². The van der Waals surface area contributed by atoms with E-state index in [1.807, 2.05) is 5.38 Å². The molecular weight excluding hydrogens is 365 g/mol. The zero-order chi connectivity index (χ0) is 19.2. The van der Waals surface area contributed by atoms with E-state index in [0.717, 1.165) is 31.5 Å². The summed E-state index contributed by atoms with van der Waals surface area (Å²) >= 11 is 1.62. The number of likely N-dealkylation sites (tertiary alicyclic amines) is 1. The number of piperidine rings is 1. The smallest absolute Gasteiger partial charge is 0.313 e. The van der Waals surface area contributed by atoms with Crippen LogP contribution in [0.15, 0.2) is 35.0 Å². The Morgan fingerprint density at radius 1 is 1.19 bits per heavy atom. The largest absolute Gasteiger partial charge is 0.346 e. The van der Waals surface area contributed by atoms with Crippen LogP contribution < -0.4 is 10.6 Å². The summed E-state index contributed by atoms with van der Waals surface area (Å²) in [6, 6.07) is 6.47. The number of rotatable bonds is 5. The molecule has 27 heavy (non-hydrogen) atoms. The van der Waals surface area contributed by atoms with Gasteiger partial charge in [0.2, 0.25) is 0 Å². The Labute approximate surface area is 162 Å². The maximum absolute atomic E-state index is 13.6. The van der Waals surface area contributed by atoms with Crippen LogP contribution in [0.25, 0.3) is 0 Å². The minimum Gasteiger partial charge on any atom is -0.346 e. The molecule has 1 unspecified atom stereocenters. The topological polar surface area (TPSA) is 61.4 Å². The summed E-state index contributed by atoms with van der Waals surface area (Å²) in [6.07, 6.45) is 3.52. The number of carbonyl (C=O) groups excluding carboxylic acids is 2. The summed E-state index contributed by atoms with van der Waals surface area (Å²) in [7, 11) is 0. The van der Waals surface area contributed by atoms with Crippen LogP contribution in [0.2, 0.25) is 0 Å². The molecule has 1 aromatic carbocycles. The highest BCUT2D eigenvalue weighted by Crippen LogP contribution is 2.25. The zero-order valence-electron chi connectivity index (χ0n) is 15.3. The highest BCUT2D eigenvalue weighted by molar-refractivity contribution is 7.08. The first-order valence-corrected chi connectivity index (χ1v) is 10.1. The van der Waals surface area contributed by atoms with Crippen LogP contribution in [0, 0.1) is 12.7 Å². The number of halogens is 1. The second-order valence-corrected chi connectivity index (χ2v) is 7.58. The van der Waals surface area contributed by atoms with Crippen molar-refractivity contribution in [3.63, 3.8) is 0 Å². The molecule has 0 radical (unpaired) electrons. The minimum atomic E-state index is -0.791. The highest BCUT2D eigenvalue weighted by atomic mass is 32.1. The van der Waals surface area contributed by atoms with Crippen LogP contribution in [0.3, 0.4) is 0 Å². The van der Waals surface area contributed by atoms with Crippen LogP contribution in [-0.2, 0) is 9.59 Å². The Bertz CT molecular complexity index is 789. The molecule has 0 aliphatic carbocycles. The van der Waals surface area contributed by atoms with Gasteiger partial charge in [0.1, 0.15) is 5.82 Å². The van der Waals surface area contributed by atoms with Gasteiger partial charge < -0.3 is 10.6 Å². The average Bonchev–Trinajstić information content (AvgIpc) is 3.20. The molecule has 1 atom stereocenters. The first-order valence-electron chi connectivity index (χ1n) is 9.16. The summed E-state index contributed by atoms with van der Waals surface area (Å²) in [5, 5.41) is 9.28. The van der Waals surface area contributed by atoms with E-state index in [4.69, 9.17) is 0 Å². The molecule has 0 spiro atoms. The van der Waals surface area contributed by atoms with Crippen LogP contribution >= 0.6 is 11.3 Å². The fourth-order valence-electron chi connectivity index (χ4n) is 3.28. The average molecular weight is 389 g/mol. The molecule has 2 N–H and O–H groups in total. The quantitative estimate of drug-likeness (QED) is 0.770. The lowest BCUT2D eigenvalue weighted by molar-refractivity contribution is -0.136. The van der Waals surface area contributed by atoms with Gasteiger partial charge in [0.25, 0.3) is 0 Å². The molecule has 0 bridgehead atoms. The molecular formula is C20H24FN3O2S. The van der Waals surface area contributed by atoms with Gasteiger partial charge in [0.15, 0.2) is 0 Å². The maximum atomic E-state index is 13.6. The predicted octanol–water partition coefficient (Wildman–Crippen LogP) is 3.48. The van der Waals surface area contributed by atoms with E-state index in [9.17, 15) is 14.0 Å². The number of nitrogens with zero attached hydrogens (tertiary/aromatic N) is 1. The number of aryl methyl sites for hydroxylation is 1. The summed E-state index contributed by atoms with van der Waals surface area (Å²) in [4.78, 5) is 26.7. The van der Waals surface area contributed by atoms with Crippen molar-refractivity contribution in [1.29, 1.82) is 0 Å². The van der Waals surface area contributed by atoms with E-state index in [1.165, 1.54) is 12.5 Å². The molecule has 1 aliphatic rings. The molecule has 3 rings (SSSR count). The van der Waals surface area contributed by atoms with Crippen LogP contribution in [0.1, 0.15) is 36.4 Å². The third-order valence-electron chi connectivity index (χ3n) is 4.85. The number of carbonyl (C=O) groups is 2. The Hall–Kier alpha value is -2.25. The van der Waals surface area contributed by atoms with E-state index < -0.39 is 17.6 Å². The molecule has 7 heteroatoms. The maximum Gasteiger partial charge on any atom is 0.313 e. The summed E-state index contributed by atoms with van der Waals surface area (Å²) in [5.41, 5.74) is 1.91. The molecule has 1 saturated heterocycles. The van der Waals surface area contributed by atoms with Gasteiger partial charge in [-0.15, -0.1) is 0 Å². The summed E-state index contributed by atoms with van der Waals surface area (Å²) in [6.45, 7) is 3.99. The number of benzene rings is 1. The Morgan fingerprint density at radius 2 is 1.96 bits per heavy atom. The first kappa shape index (κ1) is 19.5. The molecule has 2 heterocycles. The SMILES string of the molecule is Cc1ccc(NC(=O)C(=O)NCC(c2ccsc2)N2CCCCC2)cc1F. The van der Waals surface area contributed by atoms with Gasteiger partial charge in [0, 0.05) is 12.2 Å². The van der Waals surface area contributed by atoms with E-state index in [-0.39, 0.29) is 11.7 Å². The van der Waals surface area contributed by atoms with E-state index in [2.05, 4.69) is 27.0 Å². The highest BCUT2D eigenvalue weighted by Gasteiger charge is 2.24. The number of hydrogen-bond donors (Lipinski definition) is 2. The van der Waals surface area contributed by atoms with Crippen LogP contribution in [-0.4, -0.2) is 36.3 Å². The fraction of sp³-hybridized carbons (Fsp3) is 0.400. The van der Waals surface area contributed by atoms with Crippen molar-refractivity contribution in [2.75, 3.05) is 25.0 Å². The van der Waals surface area contributed by atoms with E-state index in [1.54, 1.807) is 30.4 Å². The Kier molecular flexibility index (Phi) is 6.58. The number of thiophene rings is 1. The van der Waals surface area contributed by atoms with E-state index >= 15 is 0 Å². The second kappa shape index (κ2) is 9.10. The first-order chi connectivity index (χ1) is 13.0. The van der Waals surface area contributed by atoms with Crippen LogP contribution in [0.5, 0.6) is 0 Å². The molecule has 1 aromatic heterocycles. The number of anilines is 1. The summed E-state index contributed by atoms with van der Waals surface area (Å²) < 4.78 is 13.6. The van der Waals surface area contributed by atoms with Gasteiger partial charge in [0.05, 0.1) is 6.04 Å². The molecule has 1 fully saturated rings. The zero-order valence-corrected chi connectivity index (χ0v) is 16.2. The molecule has 1 aliphatic heterocycles. The van der Waals surface area contributed by atoms with Crippen molar-refractivity contribution in [2.45, 2.75) is 32.2 Å². The molecule has 5 nitrogen and oxygen atoms in total. The third kappa shape index (κ3) is 5.14. The lowest BCUT2D eigenvalue weighted by Crippen LogP contribution is -2.43. The monoisotopic (exact) mass is 389 g/mol. The number of hydrogen-bond acceptors (Lipinski definition) is 4. The van der Waals surface area contributed by atoms with Crippen molar-refractivity contribution in [3.05, 3.63) is 52.0 Å². The van der Waals surface area contributed by atoms with Gasteiger partial charge >= 0.3 is 11.8 Å². The van der Waals surface area contributed by atoms with E-state index in [0.29, 0.717) is 12.1 Å². The van der Waals surface area contributed by atoms with Gasteiger partial charge in [-0.2, -0.15) is 11.3 Å². The third-order valence-corrected chi connectivity index (χ3v) is 5.55. The molecule has 144 valence electrons. The van der Waals surface area contributed by atoms with Gasteiger partial charge in [-0.3, -0.25) is 14.5 Å². The molecule has 2 amide bonds. The second-order valence-electron chi connectivity index (χ2n) is 6.80. The standard InChI is InChI=1S/C20H24FN3O2S/c1-14-5-6-16(11-17(14)21)23-20(26)19(25)22-12-18(15-7-10-27-13-15)24-8-3-2-4-9-24/h5-7,10-11,13,18H,2-4,8-9,12H2,1H3,(H,22,25)(H,23,26). The lowest BCUT2D eigenvalue weighted by atomic mass is 10.0.